The quantitative estimate of drug-likeness (QED) is 0.554. The Bertz CT molecular complexity index is 63.4. The summed E-state index contributed by atoms with van der Waals surface area (Å²) in [4.78, 5) is 9.65. The molecule has 1 radical (unpaired) electrons. The molecular weight excluding hydrogens is 111 g/mol. The predicted octanol–water partition coefficient (Wildman–Crippen LogP) is 1.29. The van der Waals surface area contributed by atoms with E-state index in [0.717, 1.165) is 12.8 Å². The molecular formula is C5H10FO2. The standard InChI is InChI=1S/C5H9O2.FH/c1-2-3-4-5(6)7;/h2-4H2,1H3;1H. The summed E-state index contributed by atoms with van der Waals surface area (Å²) < 4.78 is 0. The molecule has 0 aromatic rings. The maximum absolute atomic E-state index is 9.65. The minimum Gasteiger partial charge on any atom is -0.269 e. The van der Waals surface area contributed by atoms with Gasteiger partial charge in [-0.15, -0.1) is 0 Å². The van der Waals surface area contributed by atoms with E-state index in [9.17, 15) is 9.90 Å². The molecule has 0 saturated heterocycles. The van der Waals surface area contributed by atoms with Gasteiger partial charge in [0, 0.05) is 0 Å². The Kier molecular flexibility index (Phi) is 8.32. The van der Waals surface area contributed by atoms with Crippen molar-refractivity contribution in [2.75, 3.05) is 0 Å². The van der Waals surface area contributed by atoms with Gasteiger partial charge in [0.25, 0.3) is 0 Å². The highest BCUT2D eigenvalue weighted by Crippen LogP contribution is 1.91. The number of rotatable bonds is 3. The number of hydrogen-bond acceptors (Lipinski definition) is 1. The SMILES string of the molecule is CCCCC([O])=O.F. The third-order valence-corrected chi connectivity index (χ3v) is 0.734. The summed E-state index contributed by atoms with van der Waals surface area (Å²) in [6.45, 7) is 1.95. The Morgan fingerprint density at radius 2 is 2.00 bits per heavy atom. The molecule has 2 nitrogen and oxygen atoms in total. The lowest BCUT2D eigenvalue weighted by Gasteiger charge is -1.82. The second-order valence-corrected chi connectivity index (χ2v) is 1.48. The average molecular weight is 121 g/mol. The first-order valence-electron chi connectivity index (χ1n) is 2.47. The minimum absolute atomic E-state index is 0. The highest BCUT2D eigenvalue weighted by molar-refractivity contribution is 5.66. The molecule has 3 heteroatoms. The van der Waals surface area contributed by atoms with Crippen LogP contribution >= 0.6 is 0 Å². The topological polar surface area (TPSA) is 37.0 Å². The van der Waals surface area contributed by atoms with Crippen LogP contribution in [0.5, 0.6) is 0 Å². The molecule has 8 heavy (non-hydrogen) atoms. The van der Waals surface area contributed by atoms with Gasteiger partial charge in [-0.1, -0.05) is 13.3 Å². The van der Waals surface area contributed by atoms with Gasteiger partial charge in [0.05, 0.1) is 6.42 Å². The Morgan fingerprint density at radius 3 is 2.12 bits per heavy atom. The molecule has 0 unspecified atom stereocenters. The van der Waals surface area contributed by atoms with Gasteiger partial charge in [0.2, 0.25) is 0 Å². The van der Waals surface area contributed by atoms with E-state index in [2.05, 4.69) is 0 Å². The van der Waals surface area contributed by atoms with Crippen LogP contribution in [0.4, 0.5) is 4.70 Å². The van der Waals surface area contributed by atoms with E-state index in [0.29, 0.717) is 0 Å². The lowest BCUT2D eigenvalue weighted by atomic mass is 10.3. The fourth-order valence-corrected chi connectivity index (χ4v) is 0.321. The van der Waals surface area contributed by atoms with Crippen LogP contribution in [0.25, 0.3) is 0 Å². The van der Waals surface area contributed by atoms with Crippen molar-refractivity contribution in [2.45, 2.75) is 26.2 Å². The van der Waals surface area contributed by atoms with Crippen molar-refractivity contribution in [1.82, 2.24) is 0 Å². The number of carbonyl (C=O) groups excluding carboxylic acids is 1. The van der Waals surface area contributed by atoms with E-state index < -0.39 is 5.97 Å². The van der Waals surface area contributed by atoms with Gasteiger partial charge in [0.15, 0.2) is 0 Å². The largest absolute Gasteiger partial charge is 0.355 e. The van der Waals surface area contributed by atoms with Gasteiger partial charge in [-0.25, -0.2) is 9.90 Å². The zero-order valence-corrected chi connectivity index (χ0v) is 4.85. The van der Waals surface area contributed by atoms with E-state index in [-0.39, 0.29) is 11.1 Å². The molecule has 0 rings (SSSR count). The molecule has 0 saturated carbocycles. The molecule has 0 atom stereocenters. The molecule has 0 aromatic heterocycles. The van der Waals surface area contributed by atoms with Gasteiger partial charge in [0.1, 0.15) is 0 Å². The Balaban J connectivity index is 0. The van der Waals surface area contributed by atoms with Gasteiger partial charge in [-0.3, -0.25) is 4.70 Å². The monoisotopic (exact) mass is 121 g/mol. The maximum atomic E-state index is 9.65. The zero-order valence-electron chi connectivity index (χ0n) is 4.85. The summed E-state index contributed by atoms with van der Waals surface area (Å²) in [7, 11) is 0. The summed E-state index contributed by atoms with van der Waals surface area (Å²) >= 11 is 0. The molecule has 0 heterocycles. The Hall–Kier alpha value is -0.600. The van der Waals surface area contributed by atoms with Crippen LogP contribution in [0.15, 0.2) is 0 Å². The average Bonchev–Trinajstić information content (AvgIpc) is 1.61. The van der Waals surface area contributed by atoms with Crippen molar-refractivity contribution in [3.63, 3.8) is 0 Å². The van der Waals surface area contributed by atoms with Crippen LogP contribution in [0, 0.1) is 0 Å². The Morgan fingerprint density at radius 1 is 1.50 bits per heavy atom. The number of hydrogen-bond donors (Lipinski definition) is 0. The van der Waals surface area contributed by atoms with Crippen molar-refractivity contribution in [2.24, 2.45) is 0 Å². The van der Waals surface area contributed by atoms with Gasteiger partial charge in [-0.2, -0.15) is 0 Å². The summed E-state index contributed by atoms with van der Waals surface area (Å²) in [5.74, 6) is -0.943. The second kappa shape index (κ2) is 6.40. The van der Waals surface area contributed by atoms with Gasteiger partial charge >= 0.3 is 5.97 Å². The first-order valence-corrected chi connectivity index (χ1v) is 2.47. The van der Waals surface area contributed by atoms with Crippen molar-refractivity contribution >= 4 is 5.97 Å². The van der Waals surface area contributed by atoms with Crippen LogP contribution < -0.4 is 0 Å². The van der Waals surface area contributed by atoms with E-state index in [4.69, 9.17) is 0 Å². The number of halogens is 1. The van der Waals surface area contributed by atoms with Crippen LogP contribution in [-0.4, -0.2) is 5.97 Å². The van der Waals surface area contributed by atoms with Gasteiger partial charge < -0.3 is 0 Å². The summed E-state index contributed by atoms with van der Waals surface area (Å²) in [6.07, 6.45) is 1.87. The predicted molar refractivity (Wildman–Crippen MR) is 27.7 cm³/mol. The van der Waals surface area contributed by atoms with Crippen molar-refractivity contribution in [1.29, 1.82) is 0 Å². The van der Waals surface area contributed by atoms with Gasteiger partial charge in [-0.05, 0) is 6.42 Å². The molecule has 49 valence electrons. The fourth-order valence-electron chi connectivity index (χ4n) is 0.321. The Labute approximate surface area is 47.9 Å². The zero-order chi connectivity index (χ0) is 5.70. The first kappa shape index (κ1) is 10.4. The molecule has 0 N–H and O–H groups in total. The summed E-state index contributed by atoms with van der Waals surface area (Å²) in [6, 6.07) is 0. The smallest absolute Gasteiger partial charge is 0.269 e. The minimum atomic E-state index is -0.943. The summed E-state index contributed by atoms with van der Waals surface area (Å²) in [5, 5.41) is 9.65. The molecule has 0 fully saturated rings. The van der Waals surface area contributed by atoms with Crippen LogP contribution in [0.1, 0.15) is 26.2 Å². The van der Waals surface area contributed by atoms with Crippen LogP contribution in [0.2, 0.25) is 0 Å². The number of unbranched alkanes of at least 4 members (excludes halogenated alkanes) is 1. The highest BCUT2D eigenvalue weighted by atomic mass is 19.0. The molecule has 0 aromatic carbocycles. The maximum Gasteiger partial charge on any atom is 0.355 e. The van der Waals surface area contributed by atoms with E-state index >= 15 is 0 Å². The van der Waals surface area contributed by atoms with Crippen LogP contribution in [-0.2, 0) is 9.90 Å². The third-order valence-electron chi connectivity index (χ3n) is 0.734. The van der Waals surface area contributed by atoms with E-state index in [1.165, 1.54) is 0 Å². The normalized spacial score (nSPS) is 7.62. The molecule has 0 amide bonds. The fraction of sp³-hybridized carbons (Fsp3) is 0.800. The van der Waals surface area contributed by atoms with E-state index in [1.807, 2.05) is 6.92 Å². The van der Waals surface area contributed by atoms with Crippen molar-refractivity contribution in [3.05, 3.63) is 0 Å². The second-order valence-electron chi connectivity index (χ2n) is 1.48. The molecule has 0 aliphatic rings. The van der Waals surface area contributed by atoms with Crippen molar-refractivity contribution in [3.8, 4) is 0 Å². The molecule has 0 aliphatic heterocycles. The molecule has 0 aliphatic carbocycles. The lowest BCUT2D eigenvalue weighted by molar-refractivity contribution is -0.143. The highest BCUT2D eigenvalue weighted by Gasteiger charge is 1.94. The van der Waals surface area contributed by atoms with Crippen molar-refractivity contribution < 1.29 is 14.6 Å². The first-order chi connectivity index (χ1) is 3.27. The van der Waals surface area contributed by atoms with E-state index in [1.54, 1.807) is 0 Å². The lowest BCUT2D eigenvalue weighted by Crippen LogP contribution is -1.89. The van der Waals surface area contributed by atoms with Crippen LogP contribution in [0.3, 0.4) is 0 Å². The molecule has 0 spiro atoms. The molecule has 0 bridgehead atoms. The summed E-state index contributed by atoms with van der Waals surface area (Å²) in [5.41, 5.74) is 0. The number of carbonyl (C=O) groups is 1. The third kappa shape index (κ3) is 9.04.